The zero-order valence-electron chi connectivity index (χ0n) is 13.7. The third-order valence-corrected chi connectivity index (χ3v) is 3.99. The topological polar surface area (TPSA) is 43.4 Å². The van der Waals surface area contributed by atoms with E-state index in [-0.39, 0.29) is 12.2 Å². The number of hydrogen-bond acceptors (Lipinski definition) is 4. The van der Waals surface area contributed by atoms with Crippen molar-refractivity contribution in [1.29, 1.82) is 0 Å². The lowest BCUT2D eigenvalue weighted by molar-refractivity contribution is 0.130. The zero-order valence-corrected chi connectivity index (χ0v) is 13.7. The maximum atomic E-state index is 6.39. The van der Waals surface area contributed by atoms with E-state index in [1.165, 1.54) is 5.56 Å². The molecule has 4 heteroatoms. The maximum Gasteiger partial charge on any atom is 0.257 e. The van der Waals surface area contributed by atoms with E-state index in [0.29, 0.717) is 17.5 Å². The van der Waals surface area contributed by atoms with Gasteiger partial charge in [-0.05, 0) is 44.5 Å². The van der Waals surface area contributed by atoms with Crippen LogP contribution in [0.15, 0.2) is 48.7 Å². The molecular weight excluding hydrogens is 288 g/mol. The van der Waals surface area contributed by atoms with E-state index in [1.54, 1.807) is 6.20 Å². The standard InChI is InChI=1S/C19H24N2O2/c1-14(2)22-19-17(9-6-11-21-19)23-18(16-10-12-20-13-16)15-7-4-3-5-8-15/h3-9,11,14,16,18,20H,10,12-13H2,1-2H3/t16-,18?/m1/s1. The summed E-state index contributed by atoms with van der Waals surface area (Å²) in [4.78, 5) is 4.33. The highest BCUT2D eigenvalue weighted by molar-refractivity contribution is 5.34. The first-order valence-corrected chi connectivity index (χ1v) is 8.28. The smallest absolute Gasteiger partial charge is 0.257 e. The third-order valence-electron chi connectivity index (χ3n) is 3.99. The van der Waals surface area contributed by atoms with Gasteiger partial charge in [-0.1, -0.05) is 30.3 Å². The Morgan fingerprint density at radius 1 is 1.09 bits per heavy atom. The van der Waals surface area contributed by atoms with Gasteiger partial charge in [-0.15, -0.1) is 0 Å². The first-order chi connectivity index (χ1) is 11.2. The van der Waals surface area contributed by atoms with Gasteiger partial charge in [0, 0.05) is 18.7 Å². The highest BCUT2D eigenvalue weighted by Gasteiger charge is 2.29. The molecule has 0 radical (unpaired) electrons. The lowest BCUT2D eigenvalue weighted by Gasteiger charge is -2.25. The van der Waals surface area contributed by atoms with E-state index < -0.39 is 0 Å². The summed E-state index contributed by atoms with van der Waals surface area (Å²) in [5.74, 6) is 1.72. The predicted molar refractivity (Wildman–Crippen MR) is 90.8 cm³/mol. The first kappa shape index (κ1) is 15.8. The fourth-order valence-electron chi connectivity index (χ4n) is 2.93. The Balaban J connectivity index is 1.87. The molecule has 0 saturated carbocycles. The van der Waals surface area contributed by atoms with Gasteiger partial charge in [0.2, 0.25) is 0 Å². The van der Waals surface area contributed by atoms with Crippen LogP contribution in [0.25, 0.3) is 0 Å². The van der Waals surface area contributed by atoms with Crippen molar-refractivity contribution >= 4 is 0 Å². The number of rotatable bonds is 6. The molecule has 1 saturated heterocycles. The van der Waals surface area contributed by atoms with Crippen molar-refractivity contribution < 1.29 is 9.47 Å². The summed E-state index contributed by atoms with van der Waals surface area (Å²) in [5.41, 5.74) is 1.19. The molecule has 0 bridgehead atoms. The van der Waals surface area contributed by atoms with Crippen LogP contribution in [0.4, 0.5) is 0 Å². The summed E-state index contributed by atoms with van der Waals surface area (Å²) < 4.78 is 12.2. The van der Waals surface area contributed by atoms with Crippen LogP contribution in [0, 0.1) is 5.92 Å². The van der Waals surface area contributed by atoms with Gasteiger partial charge in [-0.2, -0.15) is 0 Å². The molecule has 1 N–H and O–H groups in total. The minimum absolute atomic E-state index is 0.00455. The van der Waals surface area contributed by atoms with Gasteiger partial charge in [-0.3, -0.25) is 0 Å². The molecule has 1 aromatic heterocycles. The van der Waals surface area contributed by atoms with Crippen LogP contribution in [0.2, 0.25) is 0 Å². The van der Waals surface area contributed by atoms with Crippen molar-refractivity contribution in [2.24, 2.45) is 5.92 Å². The van der Waals surface area contributed by atoms with Gasteiger partial charge in [-0.25, -0.2) is 4.98 Å². The van der Waals surface area contributed by atoms with Crippen molar-refractivity contribution in [2.45, 2.75) is 32.5 Å². The van der Waals surface area contributed by atoms with E-state index in [0.717, 1.165) is 19.5 Å². The van der Waals surface area contributed by atoms with Crippen molar-refractivity contribution in [3.63, 3.8) is 0 Å². The molecule has 122 valence electrons. The van der Waals surface area contributed by atoms with E-state index in [2.05, 4.69) is 34.6 Å². The van der Waals surface area contributed by atoms with Crippen LogP contribution in [-0.2, 0) is 0 Å². The van der Waals surface area contributed by atoms with Crippen LogP contribution < -0.4 is 14.8 Å². The van der Waals surface area contributed by atoms with Crippen LogP contribution in [0.1, 0.15) is 31.9 Å². The first-order valence-electron chi connectivity index (χ1n) is 8.28. The Bertz CT molecular complexity index is 610. The van der Waals surface area contributed by atoms with Gasteiger partial charge in [0.1, 0.15) is 6.10 Å². The van der Waals surface area contributed by atoms with Crippen LogP contribution in [0.5, 0.6) is 11.6 Å². The van der Waals surface area contributed by atoms with E-state index in [1.807, 2.05) is 32.0 Å². The highest BCUT2D eigenvalue weighted by atomic mass is 16.5. The van der Waals surface area contributed by atoms with Crippen LogP contribution in [0.3, 0.4) is 0 Å². The minimum atomic E-state index is 0.00455. The molecule has 3 rings (SSSR count). The molecule has 1 fully saturated rings. The monoisotopic (exact) mass is 312 g/mol. The summed E-state index contributed by atoms with van der Waals surface area (Å²) in [6, 6.07) is 14.2. The summed E-state index contributed by atoms with van der Waals surface area (Å²) in [6.45, 7) is 6.00. The summed E-state index contributed by atoms with van der Waals surface area (Å²) in [6.07, 6.45) is 2.92. The second-order valence-corrected chi connectivity index (χ2v) is 6.18. The quantitative estimate of drug-likeness (QED) is 0.885. The fraction of sp³-hybridized carbons (Fsp3) is 0.421. The van der Waals surface area contributed by atoms with Gasteiger partial charge in [0.05, 0.1) is 6.10 Å². The Kier molecular flexibility index (Phi) is 5.13. The van der Waals surface area contributed by atoms with Crippen molar-refractivity contribution in [1.82, 2.24) is 10.3 Å². The third kappa shape index (κ3) is 4.02. The molecule has 1 unspecified atom stereocenters. The van der Waals surface area contributed by atoms with E-state index in [4.69, 9.17) is 9.47 Å². The Labute approximate surface area is 137 Å². The number of hydrogen-bond donors (Lipinski definition) is 1. The average Bonchev–Trinajstić information content (AvgIpc) is 3.08. The second-order valence-electron chi connectivity index (χ2n) is 6.18. The predicted octanol–water partition coefficient (Wildman–Crippen LogP) is 3.60. The average molecular weight is 312 g/mol. The van der Waals surface area contributed by atoms with Crippen molar-refractivity contribution in [2.75, 3.05) is 13.1 Å². The Hall–Kier alpha value is -2.07. The Morgan fingerprint density at radius 2 is 1.91 bits per heavy atom. The number of ether oxygens (including phenoxy) is 2. The molecule has 1 aliphatic rings. The largest absolute Gasteiger partial charge is 0.480 e. The molecular formula is C19H24N2O2. The fourth-order valence-corrected chi connectivity index (χ4v) is 2.93. The normalized spacial score (nSPS) is 18.8. The van der Waals surface area contributed by atoms with Crippen molar-refractivity contribution in [3.05, 3.63) is 54.2 Å². The molecule has 2 atom stereocenters. The molecule has 0 amide bonds. The summed E-state index contributed by atoms with van der Waals surface area (Å²) in [5, 5.41) is 3.43. The molecule has 4 nitrogen and oxygen atoms in total. The lowest BCUT2D eigenvalue weighted by Crippen LogP contribution is -2.22. The minimum Gasteiger partial charge on any atom is -0.480 e. The highest BCUT2D eigenvalue weighted by Crippen LogP contribution is 2.35. The summed E-state index contributed by atoms with van der Waals surface area (Å²) >= 11 is 0. The summed E-state index contributed by atoms with van der Waals surface area (Å²) in [7, 11) is 0. The molecule has 0 aliphatic carbocycles. The molecule has 1 aliphatic heterocycles. The lowest BCUT2D eigenvalue weighted by atomic mass is 9.95. The number of benzene rings is 1. The molecule has 1 aromatic carbocycles. The van der Waals surface area contributed by atoms with Gasteiger partial charge < -0.3 is 14.8 Å². The molecule has 2 aromatic rings. The van der Waals surface area contributed by atoms with Crippen molar-refractivity contribution in [3.8, 4) is 11.6 Å². The SMILES string of the molecule is CC(C)Oc1ncccc1OC(c1ccccc1)[C@@H]1CCNC1. The van der Waals surface area contributed by atoms with Gasteiger partial charge >= 0.3 is 0 Å². The second kappa shape index (κ2) is 7.47. The maximum absolute atomic E-state index is 6.39. The van der Waals surface area contributed by atoms with Gasteiger partial charge in [0.25, 0.3) is 5.88 Å². The van der Waals surface area contributed by atoms with Crippen LogP contribution >= 0.6 is 0 Å². The number of nitrogens with one attached hydrogen (secondary N) is 1. The van der Waals surface area contributed by atoms with E-state index >= 15 is 0 Å². The number of pyridine rings is 1. The number of nitrogens with zero attached hydrogens (tertiary/aromatic N) is 1. The molecule has 0 spiro atoms. The number of aromatic nitrogens is 1. The van der Waals surface area contributed by atoms with Gasteiger partial charge in [0.15, 0.2) is 5.75 Å². The zero-order chi connectivity index (χ0) is 16.1. The van der Waals surface area contributed by atoms with E-state index in [9.17, 15) is 0 Å². The molecule has 23 heavy (non-hydrogen) atoms. The molecule has 2 heterocycles. The van der Waals surface area contributed by atoms with Crippen LogP contribution in [-0.4, -0.2) is 24.2 Å². The Morgan fingerprint density at radius 3 is 2.61 bits per heavy atom.